The summed E-state index contributed by atoms with van der Waals surface area (Å²) in [6.07, 6.45) is 0.374. The molecule has 13 heteroatoms. The number of unbranched alkanes of at least 4 members (excludes halogenated alkanes) is 1. The summed E-state index contributed by atoms with van der Waals surface area (Å²) in [5, 5.41) is 5.41. The zero-order valence-corrected chi connectivity index (χ0v) is 27.6. The van der Waals surface area contributed by atoms with E-state index in [4.69, 9.17) is 28.5 Å². The number of hydrogen-bond acceptors (Lipinski definition) is 10. The first-order valence-corrected chi connectivity index (χ1v) is 15.8. The molecule has 1 atom stereocenters. The average Bonchev–Trinajstić information content (AvgIpc) is 3.04. The van der Waals surface area contributed by atoms with Crippen LogP contribution in [0.25, 0.3) is 0 Å². The number of nitrogens with one attached hydrogen (secondary N) is 3. The van der Waals surface area contributed by atoms with Gasteiger partial charge in [-0.1, -0.05) is 60.7 Å². The number of alkyl carbamates (subject to hydrolysis) is 2. The van der Waals surface area contributed by atoms with Gasteiger partial charge in [0.05, 0.1) is 32.5 Å². The second kappa shape index (κ2) is 23.2. The first kappa shape index (κ1) is 39.0. The number of amides is 3. The third-order valence-electron chi connectivity index (χ3n) is 6.26. The number of Topliss-reactive ketones (excluding diaryl/α,β-unsaturated/α-hetero) is 1. The highest BCUT2D eigenvalue weighted by molar-refractivity contribution is 5.87. The molecule has 0 aromatic heterocycles. The predicted octanol–water partition coefficient (Wildman–Crippen LogP) is 5.22. The maximum Gasteiger partial charge on any atom is 0.431 e. The van der Waals surface area contributed by atoms with Crippen molar-refractivity contribution in [3.63, 3.8) is 0 Å². The number of hydroxylamine groups is 1. The first-order chi connectivity index (χ1) is 22.6. The third-order valence-corrected chi connectivity index (χ3v) is 6.26. The van der Waals surface area contributed by atoms with E-state index in [2.05, 4.69) is 16.1 Å². The quantitative estimate of drug-likeness (QED) is 0.0869. The number of benzene rings is 2. The van der Waals surface area contributed by atoms with Crippen LogP contribution in [0, 0.1) is 0 Å². The Balaban J connectivity index is 1.63. The Morgan fingerprint density at radius 1 is 0.681 bits per heavy atom. The van der Waals surface area contributed by atoms with Crippen molar-refractivity contribution >= 4 is 24.1 Å². The van der Waals surface area contributed by atoms with Gasteiger partial charge < -0.3 is 34.3 Å². The predicted molar refractivity (Wildman–Crippen MR) is 173 cm³/mol. The lowest BCUT2D eigenvalue weighted by Crippen LogP contribution is -2.41. The van der Waals surface area contributed by atoms with E-state index in [0.29, 0.717) is 52.0 Å². The Morgan fingerprint density at radius 2 is 1.26 bits per heavy atom. The molecular formula is C34H49N3O10. The van der Waals surface area contributed by atoms with E-state index in [-0.39, 0.29) is 38.6 Å². The van der Waals surface area contributed by atoms with E-state index >= 15 is 0 Å². The molecule has 0 unspecified atom stereocenters. The fraction of sp³-hybridized carbons (Fsp3) is 0.529. The van der Waals surface area contributed by atoms with Gasteiger partial charge in [0.15, 0.2) is 5.78 Å². The number of carbonyl (C=O) groups excluding carboxylic acids is 4. The molecule has 0 fully saturated rings. The maximum absolute atomic E-state index is 13.0. The first-order valence-electron chi connectivity index (χ1n) is 15.8. The Kier molecular flexibility index (Phi) is 19.2. The van der Waals surface area contributed by atoms with Gasteiger partial charge in [-0.25, -0.2) is 14.4 Å². The standard InChI is InChI=1S/C34H49N3O10/c1-34(2,3)47-33(41)37-46-24-23-43-22-21-42-20-12-18-30(38)29(36-32(40)45-26-28-15-8-5-9-16-28)17-10-11-19-35-31(39)44-25-27-13-6-4-7-14-27/h4-9,13-16,29H,10-12,17-26H2,1-3H3,(H,35,39)(H,36,40)(H,37,41)/t29-/m0/s1. The van der Waals surface area contributed by atoms with E-state index < -0.39 is 29.9 Å². The van der Waals surface area contributed by atoms with Gasteiger partial charge in [0.1, 0.15) is 18.8 Å². The van der Waals surface area contributed by atoms with Gasteiger partial charge in [0.2, 0.25) is 0 Å². The molecule has 0 radical (unpaired) electrons. The Morgan fingerprint density at radius 3 is 1.87 bits per heavy atom. The molecule has 0 aliphatic carbocycles. The van der Waals surface area contributed by atoms with Gasteiger partial charge in [-0.15, -0.1) is 0 Å². The monoisotopic (exact) mass is 659 g/mol. The number of ketones is 1. The molecule has 2 rings (SSSR count). The van der Waals surface area contributed by atoms with E-state index in [1.165, 1.54) is 0 Å². The highest BCUT2D eigenvalue weighted by Gasteiger charge is 2.21. The summed E-state index contributed by atoms with van der Waals surface area (Å²) in [6.45, 7) is 7.26. The molecule has 0 saturated carbocycles. The van der Waals surface area contributed by atoms with Gasteiger partial charge in [-0.2, -0.15) is 5.48 Å². The molecule has 3 N–H and O–H groups in total. The van der Waals surface area contributed by atoms with Crippen molar-refractivity contribution in [2.24, 2.45) is 0 Å². The Labute approximate surface area is 276 Å². The van der Waals surface area contributed by atoms with E-state index in [9.17, 15) is 19.2 Å². The van der Waals surface area contributed by atoms with Crippen LogP contribution in [-0.2, 0) is 46.5 Å². The Hall–Kier alpha value is -4.20. The van der Waals surface area contributed by atoms with Crippen LogP contribution in [0.15, 0.2) is 60.7 Å². The molecule has 0 saturated heterocycles. The second-order valence-electron chi connectivity index (χ2n) is 11.5. The van der Waals surface area contributed by atoms with Crippen molar-refractivity contribution in [1.29, 1.82) is 0 Å². The smallest absolute Gasteiger partial charge is 0.431 e. The van der Waals surface area contributed by atoms with E-state index in [1.807, 2.05) is 60.7 Å². The second-order valence-corrected chi connectivity index (χ2v) is 11.5. The van der Waals surface area contributed by atoms with E-state index in [1.54, 1.807) is 20.8 Å². The van der Waals surface area contributed by atoms with Gasteiger partial charge in [-0.05, 0) is 57.6 Å². The van der Waals surface area contributed by atoms with Crippen LogP contribution in [0.1, 0.15) is 64.0 Å². The van der Waals surface area contributed by atoms with Crippen molar-refractivity contribution in [3.8, 4) is 0 Å². The highest BCUT2D eigenvalue weighted by Crippen LogP contribution is 2.09. The van der Waals surface area contributed by atoms with Crippen LogP contribution < -0.4 is 16.1 Å². The van der Waals surface area contributed by atoms with Crippen LogP contribution >= 0.6 is 0 Å². The fourth-order valence-corrected chi connectivity index (χ4v) is 4.01. The lowest BCUT2D eigenvalue weighted by atomic mass is 10.0. The van der Waals surface area contributed by atoms with Gasteiger partial charge in [0.25, 0.3) is 0 Å². The number of rotatable bonds is 22. The lowest BCUT2D eigenvalue weighted by Gasteiger charge is -2.19. The van der Waals surface area contributed by atoms with Crippen LogP contribution in [0.3, 0.4) is 0 Å². The number of carbonyl (C=O) groups is 4. The molecule has 3 amide bonds. The average molecular weight is 660 g/mol. The van der Waals surface area contributed by atoms with Gasteiger partial charge in [-0.3, -0.25) is 9.63 Å². The lowest BCUT2D eigenvalue weighted by molar-refractivity contribution is -0.121. The molecule has 0 heterocycles. The molecule has 0 bridgehead atoms. The molecule has 2 aromatic rings. The molecule has 260 valence electrons. The fourth-order valence-electron chi connectivity index (χ4n) is 4.01. The van der Waals surface area contributed by atoms with Crippen molar-refractivity contribution in [2.75, 3.05) is 39.6 Å². The summed E-state index contributed by atoms with van der Waals surface area (Å²) >= 11 is 0. The van der Waals surface area contributed by atoms with Crippen LogP contribution in [0.4, 0.5) is 14.4 Å². The summed E-state index contributed by atoms with van der Waals surface area (Å²) in [7, 11) is 0. The SMILES string of the molecule is CC(C)(C)OC(=O)NOCCOCCOCCCC(=O)[C@H](CCCCNC(=O)OCc1ccccc1)NC(=O)OCc1ccccc1. The minimum Gasteiger partial charge on any atom is -0.445 e. The third kappa shape index (κ3) is 20.5. The normalized spacial score (nSPS) is 11.6. The summed E-state index contributed by atoms with van der Waals surface area (Å²) in [5.41, 5.74) is 3.29. The minimum absolute atomic E-state index is 0.0882. The topological polar surface area (TPSA) is 160 Å². The maximum atomic E-state index is 13.0. The zero-order chi connectivity index (χ0) is 34.2. The number of ether oxygens (including phenoxy) is 5. The summed E-state index contributed by atoms with van der Waals surface area (Å²) in [5.74, 6) is -0.133. The van der Waals surface area contributed by atoms with Crippen molar-refractivity contribution in [1.82, 2.24) is 16.1 Å². The van der Waals surface area contributed by atoms with Crippen LogP contribution in [0.2, 0.25) is 0 Å². The summed E-state index contributed by atoms with van der Waals surface area (Å²) in [4.78, 5) is 54.0. The largest absolute Gasteiger partial charge is 0.445 e. The van der Waals surface area contributed by atoms with Crippen molar-refractivity contribution in [2.45, 2.75) is 77.7 Å². The molecule has 2 aromatic carbocycles. The highest BCUT2D eigenvalue weighted by atomic mass is 16.7. The minimum atomic E-state index is -0.735. The molecule has 0 aliphatic heterocycles. The van der Waals surface area contributed by atoms with Crippen LogP contribution in [-0.4, -0.2) is 75.3 Å². The van der Waals surface area contributed by atoms with E-state index in [0.717, 1.165) is 11.1 Å². The Bertz CT molecular complexity index is 1180. The molecule has 0 spiro atoms. The van der Waals surface area contributed by atoms with Crippen molar-refractivity contribution < 1.29 is 47.7 Å². The molecular weight excluding hydrogens is 610 g/mol. The molecule has 13 nitrogen and oxygen atoms in total. The van der Waals surface area contributed by atoms with Crippen molar-refractivity contribution in [3.05, 3.63) is 71.8 Å². The number of hydrogen-bond donors (Lipinski definition) is 3. The van der Waals surface area contributed by atoms with Crippen LogP contribution in [0.5, 0.6) is 0 Å². The summed E-state index contributed by atoms with van der Waals surface area (Å²) < 4.78 is 26.5. The molecule has 0 aliphatic rings. The zero-order valence-electron chi connectivity index (χ0n) is 27.6. The summed E-state index contributed by atoms with van der Waals surface area (Å²) in [6, 6.07) is 17.9. The van der Waals surface area contributed by atoms with Gasteiger partial charge >= 0.3 is 18.3 Å². The molecule has 47 heavy (non-hydrogen) atoms. The van der Waals surface area contributed by atoms with Gasteiger partial charge in [0, 0.05) is 19.6 Å².